The Morgan fingerprint density at radius 3 is 2.67 bits per heavy atom. The van der Waals surface area contributed by atoms with Gasteiger partial charge in [0.1, 0.15) is 23.8 Å². The Balaban J connectivity index is 1.75. The largest absolute Gasteiger partial charge is 0.452 e. The average Bonchev–Trinajstić information content (AvgIpc) is 3.39. The summed E-state index contributed by atoms with van der Waals surface area (Å²) in [5.74, 6) is 1.78. The van der Waals surface area contributed by atoms with Crippen LogP contribution in [-0.4, -0.2) is 0 Å². The summed E-state index contributed by atoms with van der Waals surface area (Å²) in [6.45, 7) is 4.38. The van der Waals surface area contributed by atoms with Gasteiger partial charge >= 0.3 is 0 Å². The molecule has 144 valence electrons. The molecule has 0 fully saturated rings. The molecule has 30 heavy (non-hydrogen) atoms. The van der Waals surface area contributed by atoms with Crippen LogP contribution in [0, 0.1) is 13.8 Å². The Labute approximate surface area is 176 Å². The van der Waals surface area contributed by atoms with E-state index in [1.54, 1.807) is 11.3 Å². The summed E-state index contributed by atoms with van der Waals surface area (Å²) in [6, 6.07) is 14.8. The Bertz CT molecular complexity index is 1700. The van der Waals surface area contributed by atoms with Crippen molar-refractivity contribution in [3.05, 3.63) is 65.2 Å². The lowest BCUT2D eigenvalue weighted by atomic mass is 9.91. The van der Waals surface area contributed by atoms with Gasteiger partial charge in [0.2, 0.25) is 5.69 Å². The number of aryl methyl sites for hydroxylation is 3. The van der Waals surface area contributed by atoms with Gasteiger partial charge in [-0.05, 0) is 53.8 Å². The van der Waals surface area contributed by atoms with E-state index in [1.807, 2.05) is 12.1 Å². The quantitative estimate of drug-likeness (QED) is 0.249. The van der Waals surface area contributed by atoms with Gasteiger partial charge in [-0.2, -0.15) is 0 Å². The van der Waals surface area contributed by atoms with E-state index in [-0.39, 0.29) is 0 Å². The van der Waals surface area contributed by atoms with E-state index in [4.69, 9.17) is 9.15 Å². The summed E-state index contributed by atoms with van der Waals surface area (Å²) in [6.07, 6.45) is 2.15. The van der Waals surface area contributed by atoms with Crippen molar-refractivity contribution in [1.29, 1.82) is 0 Å². The van der Waals surface area contributed by atoms with Crippen molar-refractivity contribution in [2.75, 3.05) is 0 Å². The number of rotatable bonds is 0. The lowest BCUT2D eigenvalue weighted by Gasteiger charge is -2.23. The third kappa shape index (κ3) is 1.83. The molecule has 0 atom stereocenters. The summed E-state index contributed by atoms with van der Waals surface area (Å²) in [4.78, 5) is 0. The molecule has 0 unspecified atom stereocenters. The number of hydrogen-bond donors (Lipinski definition) is 0. The first-order valence-electron chi connectivity index (χ1n) is 10.1. The molecule has 0 N–H and O–H groups in total. The molecule has 4 heteroatoms. The van der Waals surface area contributed by atoms with Gasteiger partial charge in [-0.25, -0.2) is 4.57 Å². The van der Waals surface area contributed by atoms with Gasteiger partial charge in [0.25, 0.3) is 0 Å². The fourth-order valence-electron chi connectivity index (χ4n) is 5.07. The number of benzene rings is 3. The van der Waals surface area contributed by atoms with E-state index < -0.39 is 0 Å². The smallest absolute Gasteiger partial charge is 0.228 e. The van der Waals surface area contributed by atoms with Crippen LogP contribution < -0.4 is 9.30 Å². The van der Waals surface area contributed by atoms with Crippen molar-refractivity contribution in [3.63, 3.8) is 0 Å². The number of ether oxygens (including phenoxy) is 1. The lowest BCUT2D eigenvalue weighted by molar-refractivity contribution is -0.659. The van der Waals surface area contributed by atoms with E-state index in [0.717, 1.165) is 38.8 Å². The van der Waals surface area contributed by atoms with Gasteiger partial charge in [-0.3, -0.25) is 0 Å². The Morgan fingerprint density at radius 1 is 0.900 bits per heavy atom. The molecule has 1 aliphatic heterocycles. The number of pyridine rings is 1. The van der Waals surface area contributed by atoms with E-state index in [0.29, 0.717) is 0 Å². The molecule has 3 nitrogen and oxygen atoms in total. The SMILES string of the molecule is Cc1c2c(c(C)c3sccc13)Oc1c3oc4ccccc4c3cc3cc[n+](C)c-2c13. The Hall–Kier alpha value is -3.37. The number of thiophene rings is 1. The van der Waals surface area contributed by atoms with Gasteiger partial charge in [-0.1, -0.05) is 18.2 Å². The molecule has 7 rings (SSSR count). The van der Waals surface area contributed by atoms with Crippen LogP contribution >= 0.6 is 11.3 Å². The molecule has 1 aliphatic rings. The van der Waals surface area contributed by atoms with Gasteiger partial charge in [-0.15, -0.1) is 11.3 Å². The van der Waals surface area contributed by atoms with Crippen molar-refractivity contribution in [3.8, 4) is 22.8 Å². The first-order valence-corrected chi connectivity index (χ1v) is 11.0. The highest BCUT2D eigenvalue weighted by Gasteiger charge is 2.34. The molecule has 0 amide bonds. The van der Waals surface area contributed by atoms with Crippen LogP contribution in [0.5, 0.6) is 11.5 Å². The van der Waals surface area contributed by atoms with Crippen molar-refractivity contribution in [1.82, 2.24) is 0 Å². The lowest BCUT2D eigenvalue weighted by Crippen LogP contribution is -2.32. The molecule has 6 aromatic rings. The van der Waals surface area contributed by atoms with Crippen LogP contribution in [0.3, 0.4) is 0 Å². The normalized spacial score (nSPS) is 12.8. The van der Waals surface area contributed by atoms with Crippen LogP contribution in [0.25, 0.3) is 54.1 Å². The van der Waals surface area contributed by atoms with Gasteiger partial charge < -0.3 is 9.15 Å². The van der Waals surface area contributed by atoms with Crippen LogP contribution in [0.1, 0.15) is 11.1 Å². The molecule has 0 radical (unpaired) electrons. The topological polar surface area (TPSA) is 26.2 Å². The second kappa shape index (κ2) is 5.41. The molecule has 4 heterocycles. The van der Waals surface area contributed by atoms with E-state index in [2.05, 4.69) is 67.4 Å². The number of hydrogen-bond acceptors (Lipinski definition) is 3. The van der Waals surface area contributed by atoms with E-state index >= 15 is 0 Å². The molecule has 0 aliphatic carbocycles. The molecular weight excluding hydrogens is 390 g/mol. The zero-order chi connectivity index (χ0) is 20.1. The standard InChI is InChI=1S/C26H18NO2S/c1-13-16-9-11-30-26(16)14(2)23-20(13)22-21-15(8-10-27(22)3)12-18-17-6-4-5-7-19(17)28-24(18)25(21)29-23/h4-12H,1-3H3/q+1. The molecular formula is C26H18NO2S+. The highest BCUT2D eigenvalue weighted by molar-refractivity contribution is 7.17. The highest BCUT2D eigenvalue weighted by Crippen LogP contribution is 2.53. The number of para-hydroxylation sites is 1. The Morgan fingerprint density at radius 2 is 1.77 bits per heavy atom. The number of furan rings is 1. The van der Waals surface area contributed by atoms with Gasteiger partial charge in [0.05, 0.1) is 5.56 Å². The maximum atomic E-state index is 6.74. The fraction of sp³-hybridized carbons (Fsp3) is 0.115. The third-order valence-electron chi connectivity index (χ3n) is 6.52. The number of fused-ring (bicyclic) bond motifs is 7. The van der Waals surface area contributed by atoms with E-state index in [1.165, 1.54) is 37.9 Å². The fourth-order valence-corrected chi connectivity index (χ4v) is 6.03. The van der Waals surface area contributed by atoms with Crippen LogP contribution in [0.2, 0.25) is 0 Å². The first-order chi connectivity index (χ1) is 14.6. The summed E-state index contributed by atoms with van der Waals surface area (Å²) in [5.41, 5.74) is 6.56. The second-order valence-corrected chi connectivity index (χ2v) is 9.06. The van der Waals surface area contributed by atoms with E-state index in [9.17, 15) is 0 Å². The summed E-state index contributed by atoms with van der Waals surface area (Å²) in [5, 5.41) is 7.99. The third-order valence-corrected chi connectivity index (χ3v) is 7.55. The van der Waals surface area contributed by atoms with Crippen LogP contribution in [0.15, 0.2) is 58.5 Å². The molecule has 0 bridgehead atoms. The minimum absolute atomic E-state index is 0.824. The van der Waals surface area contributed by atoms with Crippen molar-refractivity contribution in [2.24, 2.45) is 7.05 Å². The molecule has 0 saturated heterocycles. The van der Waals surface area contributed by atoms with Crippen LogP contribution in [0.4, 0.5) is 0 Å². The first kappa shape index (κ1) is 16.4. The molecule has 3 aromatic carbocycles. The minimum Gasteiger partial charge on any atom is -0.452 e. The summed E-state index contributed by atoms with van der Waals surface area (Å²) >= 11 is 1.78. The van der Waals surface area contributed by atoms with Crippen molar-refractivity contribution in [2.45, 2.75) is 13.8 Å². The molecule has 3 aromatic heterocycles. The van der Waals surface area contributed by atoms with Crippen molar-refractivity contribution < 1.29 is 13.7 Å². The predicted octanol–water partition coefficient (Wildman–Crippen LogP) is 7.17. The maximum Gasteiger partial charge on any atom is 0.228 e. The van der Waals surface area contributed by atoms with Crippen molar-refractivity contribution >= 4 is 54.1 Å². The average molecular weight is 409 g/mol. The number of aromatic nitrogens is 1. The Kier molecular flexibility index (Phi) is 2.96. The molecule has 0 spiro atoms. The minimum atomic E-state index is 0.824. The van der Waals surface area contributed by atoms with Gasteiger partial charge in [0, 0.05) is 27.1 Å². The predicted molar refractivity (Wildman–Crippen MR) is 123 cm³/mol. The monoisotopic (exact) mass is 408 g/mol. The maximum absolute atomic E-state index is 6.74. The summed E-state index contributed by atoms with van der Waals surface area (Å²) in [7, 11) is 2.11. The number of nitrogens with zero attached hydrogens (tertiary/aromatic N) is 1. The highest BCUT2D eigenvalue weighted by atomic mass is 32.1. The summed E-state index contributed by atoms with van der Waals surface area (Å²) < 4.78 is 16.6. The van der Waals surface area contributed by atoms with Gasteiger partial charge in [0.15, 0.2) is 17.5 Å². The zero-order valence-electron chi connectivity index (χ0n) is 16.9. The second-order valence-electron chi connectivity index (χ2n) is 8.14. The zero-order valence-corrected chi connectivity index (χ0v) is 17.7. The molecule has 0 saturated carbocycles. The van der Waals surface area contributed by atoms with Crippen LogP contribution in [-0.2, 0) is 7.05 Å².